The summed E-state index contributed by atoms with van der Waals surface area (Å²) in [6.07, 6.45) is 4.27. The molecule has 2 fully saturated rings. The van der Waals surface area contributed by atoms with Crippen molar-refractivity contribution >= 4 is 37.7 Å². The fourth-order valence-corrected chi connectivity index (χ4v) is 7.06. The number of pyridine rings is 1. The molecule has 2 aromatic carbocycles. The second-order valence-electron chi connectivity index (χ2n) is 10.3. The lowest BCUT2D eigenvalue weighted by Gasteiger charge is -2.29. The predicted octanol–water partition coefficient (Wildman–Crippen LogP) is 4.59. The van der Waals surface area contributed by atoms with Crippen molar-refractivity contribution in [3.05, 3.63) is 59.5 Å². The molecule has 0 spiro atoms. The number of nitrogens with one attached hydrogen (secondary N) is 2. The lowest BCUT2D eigenvalue weighted by Crippen LogP contribution is -2.43. The maximum absolute atomic E-state index is 14.3. The zero-order chi connectivity index (χ0) is 25.9. The molecule has 1 saturated carbocycles. The number of halogens is 1. The van der Waals surface area contributed by atoms with Gasteiger partial charge in [-0.05, 0) is 93.7 Å². The van der Waals surface area contributed by atoms with Crippen molar-refractivity contribution in [3.8, 4) is 11.1 Å². The molecule has 192 valence electrons. The Balaban J connectivity index is 1.52. The molecule has 2 aliphatic rings. The minimum Gasteiger partial charge on any atom is -0.349 e. The number of aromatic nitrogens is 2. The Labute approximate surface area is 215 Å². The van der Waals surface area contributed by atoms with E-state index in [4.69, 9.17) is 0 Å². The monoisotopic (exact) mass is 520 g/mol. The highest BCUT2D eigenvalue weighted by atomic mass is 32.2. The number of hydrogen-bond acceptors (Lipinski definition) is 5. The topological polar surface area (TPSA) is 95.2 Å². The van der Waals surface area contributed by atoms with E-state index in [9.17, 15) is 17.6 Å². The molecule has 1 amide bonds. The first kappa shape index (κ1) is 24.1. The summed E-state index contributed by atoms with van der Waals surface area (Å²) in [6.45, 7) is 3.72. The molecule has 7 nitrogen and oxygen atoms in total. The smallest absolute Gasteiger partial charge is 0.251 e. The molecule has 0 atom stereocenters. The average Bonchev–Trinajstić information content (AvgIpc) is 3.68. The third kappa shape index (κ3) is 4.30. The Hall–Kier alpha value is -3.30. The van der Waals surface area contributed by atoms with Gasteiger partial charge in [-0.15, -0.1) is 0 Å². The highest BCUT2D eigenvalue weighted by molar-refractivity contribution is 7.92. The molecular formula is C28H29FN4O3S. The number of aromatic amines is 1. The number of likely N-dealkylation sites (tertiary alicyclic amines) is 1. The van der Waals surface area contributed by atoms with E-state index in [0.29, 0.717) is 46.1 Å². The van der Waals surface area contributed by atoms with Crippen molar-refractivity contribution in [1.82, 2.24) is 20.2 Å². The van der Waals surface area contributed by atoms with Gasteiger partial charge in [0.1, 0.15) is 11.5 Å². The van der Waals surface area contributed by atoms with E-state index in [1.807, 2.05) is 19.1 Å². The number of nitrogens with zero attached hydrogens (tertiary/aromatic N) is 2. The molecule has 1 saturated heterocycles. The van der Waals surface area contributed by atoms with Crippen molar-refractivity contribution < 1.29 is 17.6 Å². The van der Waals surface area contributed by atoms with E-state index in [-0.39, 0.29) is 22.1 Å². The predicted molar refractivity (Wildman–Crippen MR) is 142 cm³/mol. The number of piperidine rings is 1. The number of carbonyl (C=O) groups is 1. The number of hydrogen-bond donors (Lipinski definition) is 2. The van der Waals surface area contributed by atoms with Crippen LogP contribution in [0.5, 0.6) is 0 Å². The van der Waals surface area contributed by atoms with Gasteiger partial charge in [-0.2, -0.15) is 0 Å². The number of amides is 1. The van der Waals surface area contributed by atoms with Crippen LogP contribution in [0.1, 0.15) is 41.6 Å². The minimum absolute atomic E-state index is 0.0905. The molecule has 0 unspecified atom stereocenters. The maximum atomic E-state index is 14.3. The normalized spacial score (nSPS) is 17.5. The Morgan fingerprint density at radius 1 is 1.14 bits per heavy atom. The van der Waals surface area contributed by atoms with E-state index in [1.54, 1.807) is 18.2 Å². The maximum Gasteiger partial charge on any atom is 0.251 e. The summed E-state index contributed by atoms with van der Waals surface area (Å²) in [7, 11) is -1.33. The van der Waals surface area contributed by atoms with Gasteiger partial charge >= 0.3 is 0 Å². The molecule has 9 heteroatoms. The SMILES string of the molecule is Cc1c(C(=O)NC2CCN(C)CC2)cc(-c2cccc(S(=O)(=O)C3CC3)c2)c2c1[nH]c1ncc(F)cc12. The fraction of sp³-hybridized carbons (Fsp3) is 0.357. The Morgan fingerprint density at radius 2 is 1.89 bits per heavy atom. The van der Waals surface area contributed by atoms with Gasteiger partial charge in [0, 0.05) is 22.4 Å². The highest BCUT2D eigenvalue weighted by Crippen LogP contribution is 2.40. The molecule has 4 aromatic rings. The summed E-state index contributed by atoms with van der Waals surface area (Å²) >= 11 is 0. The van der Waals surface area contributed by atoms with Crippen LogP contribution in [0.4, 0.5) is 4.39 Å². The van der Waals surface area contributed by atoms with Crippen LogP contribution >= 0.6 is 0 Å². The number of fused-ring (bicyclic) bond motifs is 3. The fourth-order valence-electron chi connectivity index (χ4n) is 5.36. The van der Waals surface area contributed by atoms with Crippen LogP contribution in [0.15, 0.2) is 47.5 Å². The largest absolute Gasteiger partial charge is 0.349 e. The molecule has 1 aliphatic heterocycles. The van der Waals surface area contributed by atoms with Gasteiger partial charge < -0.3 is 15.2 Å². The quantitative estimate of drug-likeness (QED) is 0.401. The summed E-state index contributed by atoms with van der Waals surface area (Å²) in [5.41, 5.74) is 3.77. The Morgan fingerprint density at radius 3 is 2.62 bits per heavy atom. The number of sulfone groups is 1. The first-order valence-corrected chi connectivity index (χ1v) is 14.2. The second kappa shape index (κ2) is 8.92. The van der Waals surface area contributed by atoms with Gasteiger partial charge in [0.15, 0.2) is 9.84 Å². The van der Waals surface area contributed by atoms with Crippen molar-refractivity contribution in [2.24, 2.45) is 0 Å². The number of H-pyrrole nitrogens is 1. The van der Waals surface area contributed by atoms with Crippen molar-refractivity contribution in [2.45, 2.75) is 48.8 Å². The van der Waals surface area contributed by atoms with Crippen LogP contribution in [-0.4, -0.2) is 60.6 Å². The highest BCUT2D eigenvalue weighted by Gasteiger charge is 2.37. The van der Waals surface area contributed by atoms with Crippen LogP contribution in [0.3, 0.4) is 0 Å². The third-order valence-electron chi connectivity index (χ3n) is 7.69. The zero-order valence-corrected chi connectivity index (χ0v) is 21.7. The standard InChI is InChI=1S/C28H29FN4O3S/c1-16-22(28(34)31-19-8-10-33(2)11-9-19)14-23(25-24-13-18(29)15-30-27(24)32-26(16)25)17-4-3-5-21(12-17)37(35,36)20-6-7-20/h3-5,12-15,19-20H,6-11H2,1-2H3,(H,30,32)(H,31,34). The molecule has 6 rings (SSSR count). The summed E-state index contributed by atoms with van der Waals surface area (Å²) in [4.78, 5) is 23.5. The summed E-state index contributed by atoms with van der Waals surface area (Å²) < 4.78 is 40.2. The van der Waals surface area contributed by atoms with Crippen LogP contribution in [0.25, 0.3) is 33.1 Å². The van der Waals surface area contributed by atoms with E-state index < -0.39 is 15.7 Å². The van der Waals surface area contributed by atoms with Crippen LogP contribution < -0.4 is 5.32 Å². The molecule has 0 radical (unpaired) electrons. The first-order chi connectivity index (χ1) is 17.7. The van der Waals surface area contributed by atoms with Gasteiger partial charge in [-0.1, -0.05) is 12.1 Å². The lowest BCUT2D eigenvalue weighted by atomic mass is 9.93. The molecule has 2 aromatic heterocycles. The van der Waals surface area contributed by atoms with E-state index in [1.165, 1.54) is 6.07 Å². The van der Waals surface area contributed by atoms with E-state index in [0.717, 1.165) is 43.1 Å². The zero-order valence-electron chi connectivity index (χ0n) is 20.8. The molecule has 3 heterocycles. The average molecular weight is 521 g/mol. The Bertz CT molecular complexity index is 1650. The molecular weight excluding hydrogens is 491 g/mol. The number of rotatable bonds is 5. The van der Waals surface area contributed by atoms with Crippen LogP contribution in [0.2, 0.25) is 0 Å². The lowest BCUT2D eigenvalue weighted by molar-refractivity contribution is 0.0916. The second-order valence-corrected chi connectivity index (χ2v) is 12.6. The van der Waals surface area contributed by atoms with Crippen molar-refractivity contribution in [1.29, 1.82) is 0 Å². The van der Waals surface area contributed by atoms with Crippen LogP contribution in [-0.2, 0) is 9.84 Å². The van der Waals surface area contributed by atoms with Gasteiger partial charge in [-0.25, -0.2) is 17.8 Å². The van der Waals surface area contributed by atoms with E-state index in [2.05, 4.69) is 27.2 Å². The van der Waals surface area contributed by atoms with E-state index >= 15 is 0 Å². The molecule has 2 N–H and O–H groups in total. The number of benzene rings is 2. The third-order valence-corrected chi connectivity index (χ3v) is 9.95. The molecule has 1 aliphatic carbocycles. The van der Waals surface area contributed by atoms with Crippen molar-refractivity contribution in [3.63, 3.8) is 0 Å². The Kier molecular flexibility index (Phi) is 5.80. The van der Waals surface area contributed by atoms with Gasteiger partial charge in [0.25, 0.3) is 5.91 Å². The van der Waals surface area contributed by atoms with Crippen molar-refractivity contribution in [2.75, 3.05) is 20.1 Å². The first-order valence-electron chi connectivity index (χ1n) is 12.7. The van der Waals surface area contributed by atoms with Gasteiger partial charge in [0.05, 0.1) is 21.9 Å². The summed E-state index contributed by atoms with van der Waals surface area (Å²) in [5.74, 6) is -0.638. The van der Waals surface area contributed by atoms with Gasteiger partial charge in [0.2, 0.25) is 0 Å². The minimum atomic E-state index is -3.41. The summed E-state index contributed by atoms with van der Waals surface area (Å²) in [6, 6.07) is 10.2. The number of carbonyl (C=O) groups excluding carboxylic acids is 1. The summed E-state index contributed by atoms with van der Waals surface area (Å²) in [5, 5.41) is 4.17. The molecule has 37 heavy (non-hydrogen) atoms. The number of aryl methyl sites for hydroxylation is 1. The van der Waals surface area contributed by atoms with Crippen LogP contribution in [0, 0.1) is 12.7 Å². The molecule has 0 bridgehead atoms. The van der Waals surface area contributed by atoms with Gasteiger partial charge in [-0.3, -0.25) is 4.79 Å².